The molecule has 1 atom stereocenters. The van der Waals surface area contributed by atoms with Crippen molar-refractivity contribution in [1.82, 2.24) is 9.80 Å². The molecule has 0 aliphatic carbocycles. The monoisotopic (exact) mass is 432 g/mol. The average molecular weight is 433 g/mol. The van der Waals surface area contributed by atoms with Crippen molar-refractivity contribution in [3.63, 3.8) is 0 Å². The largest absolute Gasteiger partial charge is 0.493 e. The van der Waals surface area contributed by atoms with Crippen molar-refractivity contribution in [3.05, 3.63) is 28.7 Å². The van der Waals surface area contributed by atoms with Crippen LogP contribution >= 0.6 is 11.8 Å². The molecule has 0 spiro atoms. The zero-order valence-electron chi connectivity index (χ0n) is 17.7. The molecule has 7 nitrogen and oxygen atoms in total. The van der Waals surface area contributed by atoms with Gasteiger partial charge in [-0.3, -0.25) is 19.3 Å². The number of methoxy groups -OCH3 is 1. The van der Waals surface area contributed by atoms with Crippen molar-refractivity contribution >= 4 is 34.9 Å². The van der Waals surface area contributed by atoms with E-state index in [9.17, 15) is 14.4 Å². The van der Waals surface area contributed by atoms with Crippen molar-refractivity contribution in [2.75, 3.05) is 26.7 Å². The maximum absolute atomic E-state index is 12.7. The Morgan fingerprint density at radius 3 is 2.60 bits per heavy atom. The summed E-state index contributed by atoms with van der Waals surface area (Å²) in [5, 5.41) is -0.416. The number of piperidine rings is 1. The van der Waals surface area contributed by atoms with Crippen LogP contribution < -0.4 is 9.47 Å². The molecule has 0 saturated carbocycles. The molecule has 3 rings (SSSR count). The number of amides is 3. The van der Waals surface area contributed by atoms with Gasteiger partial charge in [-0.15, -0.1) is 0 Å². The number of rotatable bonds is 7. The molecule has 0 N–H and O–H groups in total. The predicted molar refractivity (Wildman–Crippen MR) is 116 cm³/mol. The van der Waals surface area contributed by atoms with Gasteiger partial charge in [0, 0.05) is 13.1 Å². The first-order valence-corrected chi connectivity index (χ1v) is 11.1. The highest BCUT2D eigenvalue weighted by Crippen LogP contribution is 2.35. The van der Waals surface area contributed by atoms with E-state index in [-0.39, 0.29) is 18.6 Å². The van der Waals surface area contributed by atoms with Crippen LogP contribution in [0.25, 0.3) is 6.08 Å². The maximum atomic E-state index is 12.7. The highest BCUT2D eigenvalue weighted by atomic mass is 32.2. The molecule has 0 bridgehead atoms. The van der Waals surface area contributed by atoms with E-state index in [1.165, 1.54) is 0 Å². The van der Waals surface area contributed by atoms with Crippen molar-refractivity contribution in [2.24, 2.45) is 0 Å². The minimum atomic E-state index is -0.436. The summed E-state index contributed by atoms with van der Waals surface area (Å²) in [6, 6.07) is 5.37. The number of carbonyl (C=O) groups is 3. The number of hydrogen-bond donors (Lipinski definition) is 0. The first kappa shape index (κ1) is 22.2. The van der Waals surface area contributed by atoms with Crippen molar-refractivity contribution in [1.29, 1.82) is 0 Å². The molecular weight excluding hydrogens is 404 g/mol. The van der Waals surface area contributed by atoms with Crippen molar-refractivity contribution in [2.45, 2.75) is 45.6 Å². The Hall–Kier alpha value is -2.48. The molecule has 0 aromatic heterocycles. The van der Waals surface area contributed by atoms with E-state index in [1.54, 1.807) is 30.2 Å². The second-order valence-electron chi connectivity index (χ2n) is 7.46. The Kier molecular flexibility index (Phi) is 7.42. The topological polar surface area (TPSA) is 76.2 Å². The minimum Gasteiger partial charge on any atom is -0.493 e. The van der Waals surface area contributed by atoms with Gasteiger partial charge in [0.2, 0.25) is 5.91 Å². The molecule has 162 valence electrons. The summed E-state index contributed by atoms with van der Waals surface area (Å²) in [5.74, 6) is 0.577. The fraction of sp³-hybridized carbons (Fsp3) is 0.500. The summed E-state index contributed by atoms with van der Waals surface area (Å²) in [4.78, 5) is 40.6. The zero-order valence-corrected chi connectivity index (χ0v) is 18.5. The predicted octanol–water partition coefficient (Wildman–Crippen LogP) is 3.92. The van der Waals surface area contributed by atoms with Gasteiger partial charge >= 0.3 is 0 Å². The number of likely N-dealkylation sites (tertiary alicyclic amines) is 1. The van der Waals surface area contributed by atoms with E-state index < -0.39 is 11.1 Å². The molecule has 2 aliphatic heterocycles. The number of ether oxygens (including phenoxy) is 2. The fourth-order valence-electron chi connectivity index (χ4n) is 3.34. The summed E-state index contributed by atoms with van der Waals surface area (Å²) in [5.41, 5.74) is 0.719. The van der Waals surface area contributed by atoms with Crippen LogP contribution in [0.3, 0.4) is 0 Å². The summed E-state index contributed by atoms with van der Waals surface area (Å²) < 4.78 is 11.3. The summed E-state index contributed by atoms with van der Waals surface area (Å²) in [6.45, 7) is 5.20. The summed E-state index contributed by atoms with van der Waals surface area (Å²) in [7, 11) is 1.56. The lowest BCUT2D eigenvalue weighted by Gasteiger charge is -2.27. The van der Waals surface area contributed by atoms with Crippen LogP contribution in [-0.4, -0.2) is 59.7 Å². The Labute approximate surface area is 181 Å². The van der Waals surface area contributed by atoms with E-state index in [0.29, 0.717) is 29.5 Å². The highest BCUT2D eigenvalue weighted by molar-refractivity contribution is 8.18. The molecule has 2 fully saturated rings. The second kappa shape index (κ2) is 10.0. The third-order valence-corrected chi connectivity index (χ3v) is 6.17. The first-order chi connectivity index (χ1) is 14.4. The van der Waals surface area contributed by atoms with Crippen LogP contribution in [0.2, 0.25) is 0 Å². The number of imide groups is 1. The number of hydrogen-bond acceptors (Lipinski definition) is 6. The third kappa shape index (κ3) is 5.16. The van der Waals surface area contributed by atoms with Crippen LogP contribution in [0, 0.1) is 0 Å². The molecule has 2 heterocycles. The van der Waals surface area contributed by atoms with Crippen molar-refractivity contribution in [3.8, 4) is 11.5 Å². The Morgan fingerprint density at radius 1 is 1.20 bits per heavy atom. The Bertz CT molecular complexity index is 848. The molecule has 1 aromatic carbocycles. The van der Waals surface area contributed by atoms with Gasteiger partial charge in [-0.25, -0.2) is 0 Å². The zero-order chi connectivity index (χ0) is 21.7. The summed E-state index contributed by atoms with van der Waals surface area (Å²) in [6.07, 6.45) is 5.61. The number of carbonyl (C=O) groups excluding carboxylic acids is 3. The quantitative estimate of drug-likeness (QED) is 0.608. The lowest BCUT2D eigenvalue weighted by molar-refractivity contribution is -0.136. The molecule has 2 saturated heterocycles. The summed E-state index contributed by atoms with van der Waals surface area (Å²) >= 11 is 0.853. The van der Waals surface area contributed by atoms with E-state index in [2.05, 4.69) is 0 Å². The minimum absolute atomic E-state index is 0.0543. The van der Waals surface area contributed by atoms with E-state index in [1.807, 2.05) is 19.9 Å². The normalized spacial score (nSPS) is 19.4. The smallest absolute Gasteiger partial charge is 0.294 e. The van der Waals surface area contributed by atoms with Gasteiger partial charge < -0.3 is 14.4 Å². The number of thioether (sulfide) groups is 1. The number of nitrogens with zero attached hydrogens (tertiary/aromatic N) is 2. The maximum Gasteiger partial charge on any atom is 0.294 e. The van der Waals surface area contributed by atoms with Gasteiger partial charge in [0.15, 0.2) is 11.5 Å². The molecule has 30 heavy (non-hydrogen) atoms. The second-order valence-corrected chi connectivity index (χ2v) is 8.45. The van der Waals surface area contributed by atoms with Gasteiger partial charge in [-0.1, -0.05) is 13.0 Å². The van der Waals surface area contributed by atoms with Crippen LogP contribution in [0.1, 0.15) is 45.1 Å². The van der Waals surface area contributed by atoms with Gasteiger partial charge in [0.1, 0.15) is 6.54 Å². The average Bonchev–Trinajstić information content (AvgIpc) is 3.02. The van der Waals surface area contributed by atoms with Gasteiger partial charge in [0.25, 0.3) is 11.1 Å². The van der Waals surface area contributed by atoms with Crippen molar-refractivity contribution < 1.29 is 23.9 Å². The molecule has 8 heteroatoms. The van der Waals surface area contributed by atoms with Crippen LogP contribution in [0.4, 0.5) is 4.79 Å². The fourth-order valence-corrected chi connectivity index (χ4v) is 4.18. The van der Waals surface area contributed by atoms with E-state index in [0.717, 1.165) is 47.9 Å². The Balaban J connectivity index is 1.72. The standard InChI is InChI=1S/C22H28N2O5S/c1-4-15(2)29-17-9-8-16(12-18(17)28-3)13-19-21(26)24(22(27)30-19)14-20(25)23-10-6-5-7-11-23/h8-9,12-13,15H,4-7,10-11,14H2,1-3H3/b19-13-/t15-/m0/s1. The molecule has 0 radical (unpaired) electrons. The Morgan fingerprint density at radius 2 is 1.93 bits per heavy atom. The molecular formula is C22H28N2O5S. The molecule has 1 aromatic rings. The lowest BCUT2D eigenvalue weighted by atomic mass is 10.1. The lowest BCUT2D eigenvalue weighted by Crippen LogP contribution is -2.44. The first-order valence-electron chi connectivity index (χ1n) is 10.3. The van der Waals surface area contributed by atoms with E-state index >= 15 is 0 Å². The number of benzene rings is 1. The molecule has 2 aliphatic rings. The molecule has 3 amide bonds. The van der Waals surface area contributed by atoms with Crippen LogP contribution in [0.15, 0.2) is 23.1 Å². The van der Waals surface area contributed by atoms with Gasteiger partial charge in [0.05, 0.1) is 18.1 Å². The molecule has 0 unspecified atom stereocenters. The van der Waals surface area contributed by atoms with Crippen LogP contribution in [0.5, 0.6) is 11.5 Å². The SMILES string of the molecule is CC[C@H](C)Oc1ccc(/C=C2\SC(=O)N(CC(=O)N3CCCCC3)C2=O)cc1OC. The highest BCUT2D eigenvalue weighted by Gasteiger charge is 2.37. The van der Waals surface area contributed by atoms with Crippen LogP contribution in [-0.2, 0) is 9.59 Å². The third-order valence-electron chi connectivity index (χ3n) is 5.26. The van der Waals surface area contributed by atoms with Gasteiger partial charge in [-0.05, 0) is 68.1 Å². The van der Waals surface area contributed by atoms with Gasteiger partial charge in [-0.2, -0.15) is 0 Å². The van der Waals surface area contributed by atoms with E-state index in [4.69, 9.17) is 9.47 Å².